The van der Waals surface area contributed by atoms with Crippen LogP contribution in [-0.4, -0.2) is 31.4 Å². The van der Waals surface area contributed by atoms with Crippen LogP contribution in [0.1, 0.15) is 29.5 Å². The number of nitrogens with zero attached hydrogens (tertiary/aromatic N) is 3. The molecular weight excluding hydrogens is 368 g/mol. The van der Waals surface area contributed by atoms with Gasteiger partial charge < -0.3 is 4.90 Å². The average molecular weight is 390 g/mol. The third kappa shape index (κ3) is 4.25. The molecule has 144 valence electrons. The van der Waals surface area contributed by atoms with E-state index in [1.54, 1.807) is 26.1 Å². The van der Waals surface area contributed by atoms with Crippen molar-refractivity contribution in [2.45, 2.75) is 38.1 Å². The molecule has 0 atom stereocenters. The average Bonchev–Trinajstić information content (AvgIpc) is 3.17. The quantitative estimate of drug-likeness (QED) is 0.600. The van der Waals surface area contributed by atoms with Crippen LogP contribution in [0.5, 0.6) is 0 Å². The van der Waals surface area contributed by atoms with Crippen LogP contribution >= 0.6 is 0 Å². The van der Waals surface area contributed by atoms with Gasteiger partial charge >= 0.3 is 0 Å². The second-order valence-electron chi connectivity index (χ2n) is 6.68. The SMILES string of the molecule is Cc1cc([N+](=O)[O-])cc(S(=O)(=O)NCc2ccnc(N3CCCC3)c2)c1C. The zero-order valence-corrected chi connectivity index (χ0v) is 16.1. The molecule has 1 N–H and O–H groups in total. The Kier molecular flexibility index (Phi) is 5.43. The van der Waals surface area contributed by atoms with E-state index >= 15 is 0 Å². The molecule has 1 aromatic carbocycles. The summed E-state index contributed by atoms with van der Waals surface area (Å²) < 4.78 is 28.0. The van der Waals surface area contributed by atoms with E-state index in [4.69, 9.17) is 0 Å². The lowest BCUT2D eigenvalue weighted by Crippen LogP contribution is -2.25. The Labute approximate surface area is 158 Å². The number of aromatic nitrogens is 1. The van der Waals surface area contributed by atoms with Gasteiger partial charge in [0, 0.05) is 38.0 Å². The van der Waals surface area contributed by atoms with Crippen LogP contribution < -0.4 is 9.62 Å². The van der Waals surface area contributed by atoms with Crippen molar-refractivity contribution in [3.05, 3.63) is 57.3 Å². The lowest BCUT2D eigenvalue weighted by Gasteiger charge is -2.17. The zero-order valence-electron chi connectivity index (χ0n) is 15.3. The smallest absolute Gasteiger partial charge is 0.271 e. The van der Waals surface area contributed by atoms with Crippen molar-refractivity contribution in [2.24, 2.45) is 0 Å². The van der Waals surface area contributed by atoms with Crippen molar-refractivity contribution in [2.75, 3.05) is 18.0 Å². The van der Waals surface area contributed by atoms with Crippen LogP contribution in [0, 0.1) is 24.0 Å². The minimum Gasteiger partial charge on any atom is -0.357 e. The van der Waals surface area contributed by atoms with Gasteiger partial charge in [0.05, 0.1) is 9.82 Å². The number of pyridine rings is 1. The highest BCUT2D eigenvalue weighted by Crippen LogP contribution is 2.25. The summed E-state index contributed by atoms with van der Waals surface area (Å²) in [6.45, 7) is 5.30. The van der Waals surface area contributed by atoms with E-state index in [-0.39, 0.29) is 17.1 Å². The monoisotopic (exact) mass is 390 g/mol. The predicted octanol–water partition coefficient (Wildman–Crippen LogP) is 2.69. The van der Waals surface area contributed by atoms with Crippen LogP contribution in [-0.2, 0) is 16.6 Å². The number of nitro groups is 1. The molecule has 1 aliphatic heterocycles. The molecular formula is C18H22N4O4S. The highest BCUT2D eigenvalue weighted by atomic mass is 32.2. The fraction of sp³-hybridized carbons (Fsp3) is 0.389. The van der Waals surface area contributed by atoms with Crippen molar-refractivity contribution >= 4 is 21.5 Å². The first-order valence-electron chi connectivity index (χ1n) is 8.73. The third-order valence-electron chi connectivity index (χ3n) is 4.81. The summed E-state index contributed by atoms with van der Waals surface area (Å²) in [4.78, 5) is 16.9. The van der Waals surface area contributed by atoms with E-state index in [0.717, 1.165) is 43.4 Å². The molecule has 0 amide bonds. The van der Waals surface area contributed by atoms with Gasteiger partial charge in [0.2, 0.25) is 10.0 Å². The Morgan fingerprint density at radius 3 is 2.59 bits per heavy atom. The van der Waals surface area contributed by atoms with Gasteiger partial charge in [0.25, 0.3) is 5.69 Å². The van der Waals surface area contributed by atoms with Crippen LogP contribution in [0.25, 0.3) is 0 Å². The minimum atomic E-state index is -3.89. The summed E-state index contributed by atoms with van der Waals surface area (Å²) in [5, 5.41) is 11.1. The maximum absolute atomic E-state index is 12.7. The highest BCUT2D eigenvalue weighted by Gasteiger charge is 2.22. The van der Waals surface area contributed by atoms with Crippen LogP contribution in [0.2, 0.25) is 0 Å². The van der Waals surface area contributed by atoms with Gasteiger partial charge in [0.15, 0.2) is 0 Å². The van der Waals surface area contributed by atoms with E-state index < -0.39 is 14.9 Å². The predicted molar refractivity (Wildman–Crippen MR) is 102 cm³/mol. The summed E-state index contributed by atoms with van der Waals surface area (Å²) >= 11 is 0. The Morgan fingerprint density at radius 2 is 1.93 bits per heavy atom. The standard InChI is InChI=1S/C18H22N4O4S/c1-13-9-16(22(23)24)11-17(14(13)2)27(25,26)20-12-15-5-6-19-18(10-15)21-7-3-4-8-21/h5-6,9-11,20H,3-4,7-8,12H2,1-2H3. The van der Waals surface area contributed by atoms with E-state index in [9.17, 15) is 18.5 Å². The molecule has 2 heterocycles. The molecule has 1 saturated heterocycles. The summed E-state index contributed by atoms with van der Waals surface area (Å²) in [6.07, 6.45) is 3.92. The maximum atomic E-state index is 12.7. The van der Waals surface area contributed by atoms with Crippen LogP contribution in [0.3, 0.4) is 0 Å². The first kappa shape index (κ1) is 19.2. The molecule has 0 radical (unpaired) electrons. The van der Waals surface area contributed by atoms with Gasteiger partial charge in [-0.3, -0.25) is 10.1 Å². The molecule has 1 fully saturated rings. The highest BCUT2D eigenvalue weighted by molar-refractivity contribution is 7.89. The molecule has 3 rings (SSSR count). The second kappa shape index (κ2) is 7.61. The summed E-state index contributed by atoms with van der Waals surface area (Å²) in [5.74, 6) is 0.839. The van der Waals surface area contributed by atoms with Gasteiger partial charge in [-0.15, -0.1) is 0 Å². The van der Waals surface area contributed by atoms with Gasteiger partial charge in [-0.05, 0) is 55.5 Å². The molecule has 8 nitrogen and oxygen atoms in total. The van der Waals surface area contributed by atoms with Crippen LogP contribution in [0.4, 0.5) is 11.5 Å². The molecule has 0 bridgehead atoms. The summed E-state index contributed by atoms with van der Waals surface area (Å²) in [7, 11) is -3.89. The lowest BCUT2D eigenvalue weighted by molar-refractivity contribution is -0.385. The molecule has 0 unspecified atom stereocenters. The number of rotatable bonds is 6. The number of benzene rings is 1. The lowest BCUT2D eigenvalue weighted by atomic mass is 10.1. The number of aryl methyl sites for hydroxylation is 1. The largest absolute Gasteiger partial charge is 0.357 e. The van der Waals surface area contributed by atoms with E-state index in [1.807, 2.05) is 6.07 Å². The van der Waals surface area contributed by atoms with Crippen LogP contribution in [0.15, 0.2) is 35.4 Å². The van der Waals surface area contributed by atoms with E-state index in [2.05, 4.69) is 14.6 Å². The van der Waals surface area contributed by atoms with Crippen molar-refractivity contribution in [3.8, 4) is 0 Å². The van der Waals surface area contributed by atoms with Gasteiger partial charge in [-0.1, -0.05) is 0 Å². The first-order valence-corrected chi connectivity index (χ1v) is 10.2. The Bertz CT molecular complexity index is 969. The molecule has 0 saturated carbocycles. The number of sulfonamides is 1. The molecule has 0 spiro atoms. The summed E-state index contributed by atoms with van der Waals surface area (Å²) in [6, 6.07) is 6.11. The topological polar surface area (TPSA) is 105 Å². The molecule has 9 heteroatoms. The van der Waals surface area contributed by atoms with Crippen molar-refractivity contribution in [1.29, 1.82) is 0 Å². The van der Waals surface area contributed by atoms with E-state index in [1.165, 1.54) is 6.07 Å². The fourth-order valence-corrected chi connectivity index (χ4v) is 4.49. The van der Waals surface area contributed by atoms with Gasteiger partial charge in [0.1, 0.15) is 5.82 Å². The molecule has 1 aliphatic rings. The number of hydrogen-bond donors (Lipinski definition) is 1. The summed E-state index contributed by atoms with van der Waals surface area (Å²) in [5.41, 5.74) is 1.61. The second-order valence-corrected chi connectivity index (χ2v) is 8.42. The first-order chi connectivity index (χ1) is 12.8. The maximum Gasteiger partial charge on any atom is 0.271 e. The Hall–Kier alpha value is -2.52. The Balaban J connectivity index is 1.81. The number of nitro benzene ring substituents is 1. The normalized spacial score (nSPS) is 14.5. The van der Waals surface area contributed by atoms with Gasteiger partial charge in [-0.2, -0.15) is 0 Å². The third-order valence-corrected chi connectivity index (χ3v) is 6.34. The minimum absolute atomic E-state index is 0.0666. The number of anilines is 1. The number of hydrogen-bond acceptors (Lipinski definition) is 6. The van der Waals surface area contributed by atoms with E-state index in [0.29, 0.717) is 11.1 Å². The number of non-ortho nitro benzene ring substituents is 1. The molecule has 1 aromatic heterocycles. The molecule has 2 aromatic rings. The van der Waals surface area contributed by atoms with Gasteiger partial charge in [-0.25, -0.2) is 18.1 Å². The number of nitrogens with one attached hydrogen (secondary N) is 1. The van der Waals surface area contributed by atoms with Crippen molar-refractivity contribution in [3.63, 3.8) is 0 Å². The molecule has 27 heavy (non-hydrogen) atoms. The Morgan fingerprint density at radius 1 is 1.22 bits per heavy atom. The zero-order chi connectivity index (χ0) is 19.6. The molecule has 0 aliphatic carbocycles. The fourth-order valence-electron chi connectivity index (χ4n) is 3.14. The van der Waals surface area contributed by atoms with Crippen molar-refractivity contribution < 1.29 is 13.3 Å². The van der Waals surface area contributed by atoms with Crippen molar-refractivity contribution in [1.82, 2.24) is 9.71 Å².